The van der Waals surface area contributed by atoms with Gasteiger partial charge in [-0.3, -0.25) is 0 Å². The van der Waals surface area contributed by atoms with E-state index in [0.717, 1.165) is 17.2 Å². The van der Waals surface area contributed by atoms with E-state index >= 15 is 0 Å². The van der Waals surface area contributed by atoms with E-state index in [4.69, 9.17) is 18.0 Å². The molecule has 1 fully saturated rings. The summed E-state index contributed by atoms with van der Waals surface area (Å²) in [6.07, 6.45) is 3.83. The third kappa shape index (κ3) is 3.27. The van der Waals surface area contributed by atoms with Crippen LogP contribution in [0.1, 0.15) is 44.2 Å². The molecule has 0 heterocycles. The minimum Gasteiger partial charge on any atom is -0.389 e. The van der Waals surface area contributed by atoms with E-state index < -0.39 is 0 Å². The predicted molar refractivity (Wildman–Crippen MR) is 86.7 cm³/mol. The Balaban J connectivity index is 2.21. The van der Waals surface area contributed by atoms with E-state index in [0.29, 0.717) is 16.9 Å². The number of anilines is 1. The molecule has 0 saturated heterocycles. The number of para-hydroxylation sites is 1. The molecule has 0 bridgehead atoms. The molecule has 0 spiro atoms. The van der Waals surface area contributed by atoms with E-state index in [1.165, 1.54) is 24.8 Å². The number of hydrogen-bond acceptors (Lipinski definition) is 2. The molecule has 0 aromatic heterocycles. The molecule has 0 radical (unpaired) electrons. The molecule has 3 atom stereocenters. The van der Waals surface area contributed by atoms with Crippen molar-refractivity contribution in [1.29, 1.82) is 0 Å². The number of rotatable bonds is 3. The molecule has 0 aliphatic heterocycles. The van der Waals surface area contributed by atoms with Crippen molar-refractivity contribution in [1.82, 2.24) is 0 Å². The van der Waals surface area contributed by atoms with E-state index in [2.05, 4.69) is 32.2 Å². The molecule has 1 aliphatic rings. The number of benzene rings is 1. The molecule has 1 aromatic rings. The maximum absolute atomic E-state index is 5.84. The molecule has 3 N–H and O–H groups in total. The molecule has 1 aliphatic carbocycles. The highest BCUT2D eigenvalue weighted by Gasteiger charge is 2.26. The van der Waals surface area contributed by atoms with Crippen LogP contribution in [-0.2, 0) is 0 Å². The average Bonchev–Trinajstić information content (AvgIpc) is 2.34. The summed E-state index contributed by atoms with van der Waals surface area (Å²) >= 11 is 5.16. The molecule has 2 rings (SSSR count). The van der Waals surface area contributed by atoms with E-state index in [-0.39, 0.29) is 0 Å². The monoisotopic (exact) mass is 276 g/mol. The molecular formula is C16H24N2S. The highest BCUT2D eigenvalue weighted by atomic mass is 32.1. The number of hydrogen-bond donors (Lipinski definition) is 2. The maximum atomic E-state index is 5.84. The third-order valence-corrected chi connectivity index (χ3v) is 4.52. The summed E-state index contributed by atoms with van der Waals surface area (Å²) in [4.78, 5) is 0.475. The van der Waals surface area contributed by atoms with Crippen molar-refractivity contribution in [3.8, 4) is 0 Å². The van der Waals surface area contributed by atoms with Gasteiger partial charge in [0.05, 0.1) is 0 Å². The van der Waals surface area contributed by atoms with Crippen LogP contribution in [0.3, 0.4) is 0 Å². The SMILES string of the molecule is Cc1cccc(C(N)=S)c1NC1CCC(C)CC1C. The van der Waals surface area contributed by atoms with Crippen LogP contribution < -0.4 is 11.1 Å². The second-order valence-corrected chi connectivity index (χ2v) is 6.45. The largest absolute Gasteiger partial charge is 0.389 e. The minimum atomic E-state index is 0.475. The van der Waals surface area contributed by atoms with Crippen LogP contribution in [-0.4, -0.2) is 11.0 Å². The fraction of sp³-hybridized carbons (Fsp3) is 0.562. The first-order valence-corrected chi connectivity index (χ1v) is 7.55. The zero-order valence-corrected chi connectivity index (χ0v) is 12.9. The van der Waals surface area contributed by atoms with Gasteiger partial charge >= 0.3 is 0 Å². The molecule has 19 heavy (non-hydrogen) atoms. The lowest BCUT2D eigenvalue weighted by Gasteiger charge is -2.34. The Kier molecular flexibility index (Phi) is 4.46. The van der Waals surface area contributed by atoms with Gasteiger partial charge in [0.1, 0.15) is 4.99 Å². The first-order valence-electron chi connectivity index (χ1n) is 7.15. The smallest absolute Gasteiger partial charge is 0.106 e. The lowest BCUT2D eigenvalue weighted by Crippen LogP contribution is -2.34. The standard InChI is InChI=1S/C16H24N2S/c1-10-7-8-14(12(3)9-10)18-15-11(2)5-4-6-13(15)16(17)19/h4-6,10,12,14,18H,7-9H2,1-3H3,(H2,17,19). The number of nitrogens with one attached hydrogen (secondary N) is 1. The molecule has 3 unspecified atom stereocenters. The van der Waals surface area contributed by atoms with Gasteiger partial charge < -0.3 is 11.1 Å². The number of nitrogens with two attached hydrogens (primary N) is 1. The van der Waals surface area contributed by atoms with E-state index in [1.807, 2.05) is 12.1 Å². The van der Waals surface area contributed by atoms with Crippen molar-refractivity contribution in [3.63, 3.8) is 0 Å². The summed E-state index contributed by atoms with van der Waals surface area (Å²) in [7, 11) is 0. The highest BCUT2D eigenvalue weighted by Crippen LogP contribution is 2.32. The van der Waals surface area contributed by atoms with Gasteiger partial charge in [-0.05, 0) is 49.7 Å². The van der Waals surface area contributed by atoms with Crippen LogP contribution in [0.15, 0.2) is 18.2 Å². The zero-order chi connectivity index (χ0) is 14.0. The second kappa shape index (κ2) is 5.91. The quantitative estimate of drug-likeness (QED) is 0.823. The highest BCUT2D eigenvalue weighted by molar-refractivity contribution is 7.80. The third-order valence-electron chi connectivity index (χ3n) is 4.30. The van der Waals surface area contributed by atoms with Gasteiger partial charge in [0.25, 0.3) is 0 Å². The zero-order valence-electron chi connectivity index (χ0n) is 12.1. The van der Waals surface area contributed by atoms with Gasteiger partial charge in [-0.1, -0.05) is 38.2 Å². The molecule has 1 saturated carbocycles. The van der Waals surface area contributed by atoms with Crippen LogP contribution >= 0.6 is 12.2 Å². The van der Waals surface area contributed by atoms with Crippen LogP contribution in [0.5, 0.6) is 0 Å². The van der Waals surface area contributed by atoms with Crippen molar-refractivity contribution in [2.45, 2.75) is 46.1 Å². The van der Waals surface area contributed by atoms with E-state index in [1.54, 1.807) is 0 Å². The molecule has 1 aromatic carbocycles. The summed E-state index contributed by atoms with van der Waals surface area (Å²) in [6, 6.07) is 6.67. The molecule has 104 valence electrons. The fourth-order valence-electron chi connectivity index (χ4n) is 3.13. The van der Waals surface area contributed by atoms with Gasteiger partial charge in [-0.15, -0.1) is 0 Å². The van der Waals surface area contributed by atoms with E-state index in [9.17, 15) is 0 Å². The number of thiocarbonyl (C=S) groups is 1. The Hall–Kier alpha value is -1.09. The van der Waals surface area contributed by atoms with Gasteiger partial charge in [-0.25, -0.2) is 0 Å². The molecule has 3 heteroatoms. The lowest BCUT2D eigenvalue weighted by molar-refractivity contribution is 0.276. The second-order valence-electron chi connectivity index (χ2n) is 6.01. The molecule has 2 nitrogen and oxygen atoms in total. The fourth-order valence-corrected chi connectivity index (χ4v) is 3.30. The Morgan fingerprint density at radius 3 is 2.68 bits per heavy atom. The maximum Gasteiger partial charge on any atom is 0.106 e. The van der Waals surface area contributed by atoms with Gasteiger partial charge in [0.15, 0.2) is 0 Å². The Labute approximate surface area is 121 Å². The Morgan fingerprint density at radius 1 is 1.32 bits per heavy atom. The summed E-state index contributed by atoms with van der Waals surface area (Å²) in [5, 5.41) is 3.70. The van der Waals surface area contributed by atoms with Gasteiger partial charge in [0.2, 0.25) is 0 Å². The van der Waals surface area contributed by atoms with Crippen molar-refractivity contribution >= 4 is 22.9 Å². The van der Waals surface area contributed by atoms with Crippen molar-refractivity contribution < 1.29 is 0 Å². The summed E-state index contributed by atoms with van der Waals surface area (Å²) in [5.41, 5.74) is 9.15. The van der Waals surface area contributed by atoms with Gasteiger partial charge in [0, 0.05) is 17.3 Å². The average molecular weight is 276 g/mol. The summed E-state index contributed by atoms with van der Waals surface area (Å²) in [6.45, 7) is 6.80. The Bertz CT molecular complexity index is 470. The molecule has 0 amide bonds. The van der Waals surface area contributed by atoms with Crippen molar-refractivity contribution in [3.05, 3.63) is 29.3 Å². The van der Waals surface area contributed by atoms with Crippen LogP contribution in [0.4, 0.5) is 5.69 Å². The van der Waals surface area contributed by atoms with Crippen LogP contribution in [0, 0.1) is 18.8 Å². The first-order chi connectivity index (χ1) is 8.99. The Morgan fingerprint density at radius 2 is 2.05 bits per heavy atom. The van der Waals surface area contributed by atoms with Crippen LogP contribution in [0.2, 0.25) is 0 Å². The normalized spacial score (nSPS) is 27.0. The summed E-state index contributed by atoms with van der Waals surface area (Å²) < 4.78 is 0. The minimum absolute atomic E-state index is 0.475. The van der Waals surface area contributed by atoms with Crippen LogP contribution in [0.25, 0.3) is 0 Å². The predicted octanol–water partition coefficient (Wildman–Crippen LogP) is 3.87. The summed E-state index contributed by atoms with van der Waals surface area (Å²) in [5.74, 6) is 1.54. The topological polar surface area (TPSA) is 38.0 Å². The lowest BCUT2D eigenvalue weighted by atomic mass is 9.79. The van der Waals surface area contributed by atoms with Gasteiger partial charge in [-0.2, -0.15) is 0 Å². The van der Waals surface area contributed by atoms with Crippen molar-refractivity contribution in [2.24, 2.45) is 17.6 Å². The van der Waals surface area contributed by atoms with Crippen molar-refractivity contribution in [2.75, 3.05) is 5.32 Å². The molecular weight excluding hydrogens is 252 g/mol. The first kappa shape index (κ1) is 14.3. The number of aryl methyl sites for hydroxylation is 1.